The lowest BCUT2D eigenvalue weighted by molar-refractivity contribution is -0.123. The van der Waals surface area contributed by atoms with Crippen LogP contribution in [0.25, 0.3) is 0 Å². The second-order valence-electron chi connectivity index (χ2n) is 6.06. The van der Waals surface area contributed by atoms with Crippen LogP contribution >= 0.6 is 12.4 Å². The Bertz CT molecular complexity index is 546. The third-order valence-electron chi connectivity index (χ3n) is 3.98. The third kappa shape index (κ3) is 5.21. The number of halogens is 3. The van der Waals surface area contributed by atoms with Gasteiger partial charge in [0, 0.05) is 19.1 Å². The van der Waals surface area contributed by atoms with Gasteiger partial charge in [-0.05, 0) is 24.5 Å². The smallest absolute Gasteiger partial charge is 0.387 e. The summed E-state index contributed by atoms with van der Waals surface area (Å²) in [6, 6.07) is 6.08. The maximum absolute atomic E-state index is 12.5. The number of ether oxygens (including phenoxy) is 1. The Morgan fingerprint density at radius 1 is 1.38 bits per heavy atom. The van der Waals surface area contributed by atoms with Crippen LogP contribution in [0.15, 0.2) is 24.3 Å². The molecule has 2 rings (SSSR count). The van der Waals surface area contributed by atoms with E-state index in [-0.39, 0.29) is 36.0 Å². The van der Waals surface area contributed by atoms with Crippen molar-refractivity contribution in [2.24, 2.45) is 11.7 Å². The zero-order valence-corrected chi connectivity index (χ0v) is 14.6. The molecule has 1 unspecified atom stereocenters. The number of carbonyl (C=O) groups excluding carboxylic acids is 1. The molecule has 2 atom stereocenters. The fourth-order valence-electron chi connectivity index (χ4n) is 2.61. The Hall–Kier alpha value is -1.60. The highest BCUT2D eigenvalue weighted by molar-refractivity contribution is 5.85. The highest BCUT2D eigenvalue weighted by Crippen LogP contribution is 2.31. The van der Waals surface area contributed by atoms with Crippen molar-refractivity contribution in [2.75, 3.05) is 18.0 Å². The number of nitrogens with one attached hydrogen (secondary N) is 1. The van der Waals surface area contributed by atoms with Gasteiger partial charge in [0.25, 0.3) is 0 Å². The number of alkyl halides is 2. The van der Waals surface area contributed by atoms with E-state index < -0.39 is 12.7 Å². The number of para-hydroxylation sites is 2. The summed E-state index contributed by atoms with van der Waals surface area (Å²) >= 11 is 0. The Morgan fingerprint density at radius 3 is 2.67 bits per heavy atom. The molecule has 3 N–H and O–H groups in total. The van der Waals surface area contributed by atoms with Crippen LogP contribution in [0.5, 0.6) is 5.75 Å². The predicted molar refractivity (Wildman–Crippen MR) is 91.9 cm³/mol. The van der Waals surface area contributed by atoms with E-state index >= 15 is 0 Å². The Labute approximate surface area is 146 Å². The molecular weight excluding hydrogens is 340 g/mol. The van der Waals surface area contributed by atoms with Crippen molar-refractivity contribution in [1.82, 2.24) is 5.32 Å². The molecule has 24 heavy (non-hydrogen) atoms. The average molecular weight is 364 g/mol. The van der Waals surface area contributed by atoms with Gasteiger partial charge in [0.2, 0.25) is 5.91 Å². The summed E-state index contributed by atoms with van der Waals surface area (Å²) < 4.78 is 29.5. The fraction of sp³-hybridized carbons (Fsp3) is 0.562. The van der Waals surface area contributed by atoms with Gasteiger partial charge < -0.3 is 20.7 Å². The van der Waals surface area contributed by atoms with Crippen molar-refractivity contribution >= 4 is 24.0 Å². The molecule has 8 heteroatoms. The van der Waals surface area contributed by atoms with Crippen molar-refractivity contribution in [3.8, 4) is 5.75 Å². The van der Waals surface area contributed by atoms with E-state index in [9.17, 15) is 13.6 Å². The second kappa shape index (κ2) is 9.03. The van der Waals surface area contributed by atoms with Crippen molar-refractivity contribution in [3.05, 3.63) is 24.3 Å². The number of benzene rings is 1. The minimum Gasteiger partial charge on any atom is -0.433 e. The maximum atomic E-state index is 12.5. The lowest BCUT2D eigenvalue weighted by Gasteiger charge is -2.23. The van der Waals surface area contributed by atoms with Crippen molar-refractivity contribution in [2.45, 2.75) is 39.0 Å². The van der Waals surface area contributed by atoms with E-state index in [4.69, 9.17) is 5.73 Å². The van der Waals surface area contributed by atoms with Crippen molar-refractivity contribution in [3.63, 3.8) is 0 Å². The summed E-state index contributed by atoms with van der Waals surface area (Å²) in [6.07, 6.45) is 0.736. The fourth-order valence-corrected chi connectivity index (χ4v) is 2.61. The molecule has 1 aliphatic rings. The first-order valence-corrected chi connectivity index (χ1v) is 7.73. The lowest BCUT2D eigenvalue weighted by Crippen LogP contribution is -2.48. The van der Waals surface area contributed by atoms with Gasteiger partial charge in [0.1, 0.15) is 5.75 Å². The van der Waals surface area contributed by atoms with Crippen LogP contribution in [0.3, 0.4) is 0 Å². The molecule has 1 saturated heterocycles. The Balaban J connectivity index is 0.00000288. The van der Waals surface area contributed by atoms with Crippen LogP contribution in [0.4, 0.5) is 14.5 Å². The minimum absolute atomic E-state index is 0. The monoisotopic (exact) mass is 363 g/mol. The van der Waals surface area contributed by atoms with Gasteiger partial charge in [-0.2, -0.15) is 8.78 Å². The van der Waals surface area contributed by atoms with E-state index in [0.717, 1.165) is 6.42 Å². The zero-order chi connectivity index (χ0) is 17.0. The van der Waals surface area contributed by atoms with E-state index in [2.05, 4.69) is 10.1 Å². The summed E-state index contributed by atoms with van der Waals surface area (Å²) in [5.41, 5.74) is 6.44. The number of nitrogens with two attached hydrogens (primary N) is 1. The number of rotatable bonds is 6. The summed E-state index contributed by atoms with van der Waals surface area (Å²) in [5.74, 6) is 0.0324. The second-order valence-corrected chi connectivity index (χ2v) is 6.06. The SMILES string of the molecule is CC(C)[C@H](N)C(=O)NC1CCN(c2ccccc2OC(F)F)C1.Cl. The molecule has 1 fully saturated rings. The Kier molecular flexibility index (Phi) is 7.69. The van der Waals surface area contributed by atoms with Crippen LogP contribution in [-0.2, 0) is 4.79 Å². The van der Waals surface area contributed by atoms with Gasteiger partial charge in [0.05, 0.1) is 11.7 Å². The number of hydrogen-bond acceptors (Lipinski definition) is 4. The first-order valence-electron chi connectivity index (χ1n) is 7.73. The number of carbonyl (C=O) groups is 1. The summed E-state index contributed by atoms with van der Waals surface area (Å²) in [7, 11) is 0. The third-order valence-corrected chi connectivity index (χ3v) is 3.98. The zero-order valence-electron chi connectivity index (χ0n) is 13.7. The number of anilines is 1. The van der Waals surface area contributed by atoms with Crippen LogP contribution in [-0.4, -0.2) is 37.7 Å². The molecule has 1 heterocycles. The Morgan fingerprint density at radius 2 is 2.04 bits per heavy atom. The van der Waals surface area contributed by atoms with E-state index in [1.54, 1.807) is 18.2 Å². The number of hydrogen-bond donors (Lipinski definition) is 2. The van der Waals surface area contributed by atoms with E-state index in [1.165, 1.54) is 6.07 Å². The number of nitrogens with zero attached hydrogens (tertiary/aromatic N) is 1. The molecule has 0 aromatic heterocycles. The first kappa shape index (κ1) is 20.4. The molecule has 0 aliphatic carbocycles. The molecule has 1 amide bonds. The van der Waals surface area contributed by atoms with Gasteiger partial charge in [-0.25, -0.2) is 0 Å². The first-order chi connectivity index (χ1) is 10.9. The van der Waals surface area contributed by atoms with Gasteiger partial charge >= 0.3 is 6.61 Å². The van der Waals surface area contributed by atoms with E-state index in [0.29, 0.717) is 18.8 Å². The topological polar surface area (TPSA) is 67.6 Å². The standard InChI is InChI=1S/C16H23F2N3O2.ClH/c1-10(2)14(19)15(22)20-11-7-8-21(9-11)12-5-3-4-6-13(12)23-16(17)18;/h3-6,10-11,14,16H,7-9,19H2,1-2H3,(H,20,22);1H/t11?,14-;/m0./s1. The molecular formula is C16H24ClF2N3O2. The molecule has 0 saturated carbocycles. The normalized spacial score (nSPS) is 18.5. The van der Waals surface area contributed by atoms with Crippen LogP contribution in [0, 0.1) is 5.92 Å². The molecule has 0 radical (unpaired) electrons. The number of amides is 1. The van der Waals surface area contributed by atoms with Crippen molar-refractivity contribution < 1.29 is 18.3 Å². The quantitative estimate of drug-likeness (QED) is 0.814. The van der Waals surface area contributed by atoms with Gasteiger partial charge in [0.15, 0.2) is 0 Å². The molecule has 136 valence electrons. The van der Waals surface area contributed by atoms with Crippen molar-refractivity contribution in [1.29, 1.82) is 0 Å². The molecule has 1 aliphatic heterocycles. The lowest BCUT2D eigenvalue weighted by atomic mass is 10.0. The molecule has 0 bridgehead atoms. The van der Waals surface area contributed by atoms with Crippen LogP contribution < -0.4 is 20.7 Å². The average Bonchev–Trinajstić information content (AvgIpc) is 2.94. The molecule has 1 aromatic carbocycles. The maximum Gasteiger partial charge on any atom is 0.387 e. The molecule has 5 nitrogen and oxygen atoms in total. The highest BCUT2D eigenvalue weighted by Gasteiger charge is 2.28. The van der Waals surface area contributed by atoms with Gasteiger partial charge in [-0.3, -0.25) is 4.79 Å². The largest absolute Gasteiger partial charge is 0.433 e. The van der Waals surface area contributed by atoms with E-state index in [1.807, 2.05) is 18.7 Å². The van der Waals surface area contributed by atoms with Crippen LogP contribution in [0.1, 0.15) is 20.3 Å². The summed E-state index contributed by atoms with van der Waals surface area (Å²) in [4.78, 5) is 14.0. The van der Waals surface area contributed by atoms with Gasteiger partial charge in [-0.15, -0.1) is 12.4 Å². The molecule has 1 aromatic rings. The highest BCUT2D eigenvalue weighted by atomic mass is 35.5. The predicted octanol–water partition coefficient (Wildman–Crippen LogP) is 2.39. The van der Waals surface area contributed by atoms with Crippen LogP contribution in [0.2, 0.25) is 0 Å². The summed E-state index contributed by atoms with van der Waals surface area (Å²) in [5, 5.41) is 2.93. The van der Waals surface area contributed by atoms with Gasteiger partial charge in [-0.1, -0.05) is 26.0 Å². The minimum atomic E-state index is -2.86. The molecule has 0 spiro atoms. The summed E-state index contributed by atoms with van der Waals surface area (Å²) in [6.45, 7) is 2.12.